The van der Waals surface area contributed by atoms with Crippen molar-refractivity contribution in [2.45, 2.75) is 51.5 Å². The number of aliphatic carboxylic acids is 1. The standard InChI is InChI=1S/C11H21NO4S/c1-9(10-5-3-2-4-6-10)12-17(15,16)8-7-11(13)14/h9-10,12H,2-8H2,1H3,(H,13,14)/t9-/m0/s1. The van der Waals surface area contributed by atoms with Crippen LogP contribution in [0.4, 0.5) is 0 Å². The van der Waals surface area contributed by atoms with Gasteiger partial charge in [0.1, 0.15) is 0 Å². The summed E-state index contributed by atoms with van der Waals surface area (Å²) in [6.45, 7) is 1.87. The number of nitrogens with one attached hydrogen (secondary N) is 1. The Hall–Kier alpha value is -0.620. The first kappa shape index (κ1) is 14.4. The van der Waals surface area contributed by atoms with E-state index in [1.807, 2.05) is 6.92 Å². The number of rotatable bonds is 6. The molecular formula is C11H21NO4S. The van der Waals surface area contributed by atoms with Crippen molar-refractivity contribution in [3.05, 3.63) is 0 Å². The lowest BCUT2D eigenvalue weighted by atomic mass is 9.85. The fraction of sp³-hybridized carbons (Fsp3) is 0.909. The van der Waals surface area contributed by atoms with E-state index < -0.39 is 16.0 Å². The molecule has 0 heterocycles. The molecule has 17 heavy (non-hydrogen) atoms. The lowest BCUT2D eigenvalue weighted by Crippen LogP contribution is -2.40. The third-order valence-corrected chi connectivity index (χ3v) is 4.78. The van der Waals surface area contributed by atoms with E-state index in [9.17, 15) is 13.2 Å². The fourth-order valence-electron chi connectivity index (χ4n) is 2.29. The van der Waals surface area contributed by atoms with Crippen LogP contribution in [-0.4, -0.2) is 31.3 Å². The van der Waals surface area contributed by atoms with Gasteiger partial charge in [-0.15, -0.1) is 0 Å². The molecule has 1 aliphatic carbocycles. The monoisotopic (exact) mass is 263 g/mol. The number of carbonyl (C=O) groups is 1. The predicted octanol–water partition coefficient (Wildman–Crippen LogP) is 1.35. The number of carboxylic acid groups (broad SMARTS) is 1. The number of sulfonamides is 1. The highest BCUT2D eigenvalue weighted by atomic mass is 32.2. The van der Waals surface area contributed by atoms with Crippen LogP contribution >= 0.6 is 0 Å². The lowest BCUT2D eigenvalue weighted by Gasteiger charge is -2.28. The molecule has 100 valence electrons. The average Bonchev–Trinajstić information content (AvgIpc) is 2.27. The molecule has 0 aliphatic heterocycles. The van der Waals surface area contributed by atoms with E-state index in [2.05, 4.69) is 4.72 Å². The molecule has 0 radical (unpaired) electrons. The highest BCUT2D eigenvalue weighted by Crippen LogP contribution is 2.26. The van der Waals surface area contributed by atoms with Crippen molar-refractivity contribution in [1.82, 2.24) is 4.72 Å². The Morgan fingerprint density at radius 2 is 1.94 bits per heavy atom. The molecule has 0 aromatic rings. The zero-order valence-electron chi connectivity index (χ0n) is 10.2. The first-order valence-electron chi connectivity index (χ1n) is 6.12. The van der Waals surface area contributed by atoms with Crippen molar-refractivity contribution in [2.24, 2.45) is 5.92 Å². The Balaban J connectivity index is 2.42. The minimum Gasteiger partial charge on any atom is -0.481 e. The van der Waals surface area contributed by atoms with Gasteiger partial charge in [-0.05, 0) is 25.7 Å². The Labute approximate surface area is 103 Å². The number of carboxylic acids is 1. The van der Waals surface area contributed by atoms with Gasteiger partial charge >= 0.3 is 5.97 Å². The molecule has 1 rings (SSSR count). The second kappa shape index (κ2) is 6.35. The molecule has 0 bridgehead atoms. The van der Waals surface area contributed by atoms with Crippen molar-refractivity contribution >= 4 is 16.0 Å². The SMILES string of the molecule is C[C@H](NS(=O)(=O)CCC(=O)O)C1CCCCC1. The van der Waals surface area contributed by atoms with Crippen molar-refractivity contribution in [2.75, 3.05) is 5.75 Å². The quantitative estimate of drug-likeness (QED) is 0.757. The smallest absolute Gasteiger partial charge is 0.304 e. The van der Waals surface area contributed by atoms with Crippen LogP contribution in [0.3, 0.4) is 0 Å². The molecule has 0 aromatic carbocycles. The van der Waals surface area contributed by atoms with E-state index in [1.54, 1.807) is 0 Å². The van der Waals surface area contributed by atoms with Gasteiger partial charge in [0.15, 0.2) is 0 Å². The van der Waals surface area contributed by atoms with E-state index in [4.69, 9.17) is 5.11 Å². The summed E-state index contributed by atoms with van der Waals surface area (Å²) in [5.41, 5.74) is 0. The van der Waals surface area contributed by atoms with Crippen molar-refractivity contribution < 1.29 is 18.3 Å². The van der Waals surface area contributed by atoms with Crippen LogP contribution in [-0.2, 0) is 14.8 Å². The molecule has 1 saturated carbocycles. The van der Waals surface area contributed by atoms with Crippen molar-refractivity contribution in [1.29, 1.82) is 0 Å². The summed E-state index contributed by atoms with van der Waals surface area (Å²) >= 11 is 0. The maximum atomic E-state index is 11.6. The molecule has 0 aromatic heterocycles. The van der Waals surface area contributed by atoms with Gasteiger partial charge in [-0.1, -0.05) is 19.3 Å². The van der Waals surface area contributed by atoms with Gasteiger partial charge in [-0.3, -0.25) is 4.79 Å². The van der Waals surface area contributed by atoms with Gasteiger partial charge in [-0.2, -0.15) is 0 Å². The molecule has 2 N–H and O–H groups in total. The summed E-state index contributed by atoms with van der Waals surface area (Å²) in [5.74, 6) is -1.02. The zero-order valence-corrected chi connectivity index (χ0v) is 11.0. The Morgan fingerprint density at radius 1 is 1.35 bits per heavy atom. The van der Waals surface area contributed by atoms with Crippen LogP contribution in [0.25, 0.3) is 0 Å². The van der Waals surface area contributed by atoms with E-state index in [0.29, 0.717) is 5.92 Å². The molecule has 6 heteroatoms. The molecule has 0 saturated heterocycles. The summed E-state index contributed by atoms with van der Waals surface area (Å²) < 4.78 is 25.8. The Bertz CT molecular complexity index is 346. The minimum atomic E-state index is -3.46. The molecule has 1 aliphatic rings. The summed E-state index contributed by atoms with van der Waals surface area (Å²) in [7, 11) is -3.46. The van der Waals surface area contributed by atoms with Crippen LogP contribution in [0.2, 0.25) is 0 Å². The van der Waals surface area contributed by atoms with Gasteiger partial charge in [0.2, 0.25) is 10.0 Å². The summed E-state index contributed by atoms with van der Waals surface area (Å²) in [6, 6.07) is -0.0888. The summed E-state index contributed by atoms with van der Waals surface area (Å²) in [5, 5.41) is 8.47. The summed E-state index contributed by atoms with van der Waals surface area (Å²) in [6.07, 6.45) is 5.32. The van der Waals surface area contributed by atoms with Crippen LogP contribution in [0, 0.1) is 5.92 Å². The van der Waals surface area contributed by atoms with Crippen LogP contribution in [0.1, 0.15) is 45.4 Å². The second-order valence-corrected chi connectivity index (χ2v) is 6.64. The minimum absolute atomic E-state index is 0.0888. The largest absolute Gasteiger partial charge is 0.481 e. The average molecular weight is 263 g/mol. The molecule has 0 unspecified atom stereocenters. The van der Waals surface area contributed by atoms with E-state index in [0.717, 1.165) is 25.7 Å². The molecule has 1 atom stereocenters. The molecule has 1 fully saturated rings. The second-order valence-electron chi connectivity index (χ2n) is 4.77. The van der Waals surface area contributed by atoms with E-state index >= 15 is 0 Å². The van der Waals surface area contributed by atoms with E-state index in [1.165, 1.54) is 6.42 Å². The molecule has 0 spiro atoms. The number of hydrogen-bond acceptors (Lipinski definition) is 3. The van der Waals surface area contributed by atoms with Crippen molar-refractivity contribution in [3.63, 3.8) is 0 Å². The van der Waals surface area contributed by atoms with Gasteiger partial charge in [-0.25, -0.2) is 13.1 Å². The predicted molar refractivity (Wildman–Crippen MR) is 65.2 cm³/mol. The van der Waals surface area contributed by atoms with Crippen molar-refractivity contribution in [3.8, 4) is 0 Å². The molecule has 0 amide bonds. The van der Waals surface area contributed by atoms with E-state index in [-0.39, 0.29) is 18.2 Å². The normalized spacial score (nSPS) is 20.1. The highest BCUT2D eigenvalue weighted by Gasteiger charge is 2.24. The number of hydrogen-bond donors (Lipinski definition) is 2. The third kappa shape index (κ3) is 5.50. The Kier molecular flexibility index (Phi) is 5.39. The maximum Gasteiger partial charge on any atom is 0.304 e. The third-order valence-electron chi connectivity index (χ3n) is 3.31. The van der Waals surface area contributed by atoms with Gasteiger partial charge in [0.05, 0.1) is 12.2 Å². The van der Waals surface area contributed by atoms with Gasteiger partial charge in [0.25, 0.3) is 0 Å². The van der Waals surface area contributed by atoms with Gasteiger partial charge < -0.3 is 5.11 Å². The topological polar surface area (TPSA) is 83.5 Å². The van der Waals surface area contributed by atoms with Gasteiger partial charge in [0, 0.05) is 6.04 Å². The lowest BCUT2D eigenvalue weighted by molar-refractivity contribution is -0.136. The summed E-state index contributed by atoms with van der Waals surface area (Å²) in [4.78, 5) is 10.3. The molecular weight excluding hydrogens is 242 g/mol. The molecule has 5 nitrogen and oxygen atoms in total. The zero-order chi connectivity index (χ0) is 12.9. The first-order chi connectivity index (χ1) is 7.91. The van der Waals surface area contributed by atoms with Crippen LogP contribution < -0.4 is 4.72 Å². The van der Waals surface area contributed by atoms with Crippen LogP contribution in [0.15, 0.2) is 0 Å². The Morgan fingerprint density at radius 3 is 2.47 bits per heavy atom. The fourth-order valence-corrected chi connectivity index (χ4v) is 3.61. The maximum absolute atomic E-state index is 11.6. The highest BCUT2D eigenvalue weighted by molar-refractivity contribution is 7.89. The first-order valence-corrected chi connectivity index (χ1v) is 7.78. The van der Waals surface area contributed by atoms with Crippen LogP contribution in [0.5, 0.6) is 0 Å².